The molecule has 4 nitrogen and oxygen atoms in total. The van der Waals surface area contributed by atoms with Crippen molar-refractivity contribution in [2.45, 2.75) is 0 Å². The molecule has 0 N–H and O–H groups in total. The minimum Gasteiger partial charge on any atom is -0.493 e. The van der Waals surface area contributed by atoms with Gasteiger partial charge in [0, 0.05) is 27.6 Å². The molecule has 2 rings (SSSR count). The maximum Gasteiger partial charge on any atom is 0.170 e. The molecule has 86 valence electrons. The van der Waals surface area contributed by atoms with E-state index >= 15 is 0 Å². The number of ether oxygens (including phenoxy) is 2. The van der Waals surface area contributed by atoms with Gasteiger partial charge in [0.2, 0.25) is 0 Å². The minimum atomic E-state index is 0.457. The third-order valence-electron chi connectivity index (χ3n) is 2.46. The van der Waals surface area contributed by atoms with Gasteiger partial charge in [-0.05, 0) is 22.0 Å². The van der Waals surface area contributed by atoms with Gasteiger partial charge in [-0.15, -0.1) is 0 Å². The second-order valence-electron chi connectivity index (χ2n) is 3.32. The lowest BCUT2D eigenvalue weighted by molar-refractivity contribution is 0.358. The highest BCUT2D eigenvalue weighted by Crippen LogP contribution is 2.40. The third kappa shape index (κ3) is 1.81. The summed E-state index contributed by atoms with van der Waals surface area (Å²) in [5, 5.41) is 10.6. The van der Waals surface area contributed by atoms with Crippen LogP contribution in [0.5, 0.6) is 11.5 Å². The molecule has 1 heterocycles. The first kappa shape index (κ1) is 11.7. The summed E-state index contributed by atoms with van der Waals surface area (Å²) in [5.74, 6) is 1.12. The fraction of sp³-hybridized carbons (Fsp3) is 0.167. The normalized spacial score (nSPS) is 10.0. The first-order valence-corrected chi connectivity index (χ1v) is 5.60. The number of pyridine rings is 1. The Bertz CT molecular complexity index is 620. The fourth-order valence-electron chi connectivity index (χ4n) is 1.71. The SMILES string of the molecule is COc1cc(Br)c2cncc(C#N)c2c1OC. The number of aromatic nitrogens is 1. The van der Waals surface area contributed by atoms with Gasteiger partial charge in [0.1, 0.15) is 6.07 Å². The van der Waals surface area contributed by atoms with Crippen molar-refractivity contribution in [1.29, 1.82) is 5.26 Å². The summed E-state index contributed by atoms with van der Waals surface area (Å²) >= 11 is 3.43. The number of fused-ring (bicyclic) bond motifs is 1. The van der Waals surface area contributed by atoms with Crippen molar-refractivity contribution in [3.63, 3.8) is 0 Å². The summed E-state index contributed by atoms with van der Waals surface area (Å²) < 4.78 is 11.4. The lowest BCUT2D eigenvalue weighted by Crippen LogP contribution is -1.94. The Kier molecular flexibility index (Phi) is 3.16. The quantitative estimate of drug-likeness (QED) is 0.854. The van der Waals surface area contributed by atoms with E-state index in [1.54, 1.807) is 26.5 Å². The monoisotopic (exact) mass is 292 g/mol. The molecule has 17 heavy (non-hydrogen) atoms. The number of benzene rings is 1. The number of hydrogen-bond donors (Lipinski definition) is 0. The predicted octanol–water partition coefficient (Wildman–Crippen LogP) is 2.89. The summed E-state index contributed by atoms with van der Waals surface area (Å²) in [7, 11) is 3.11. The highest BCUT2D eigenvalue weighted by Gasteiger charge is 2.15. The largest absolute Gasteiger partial charge is 0.493 e. The second-order valence-corrected chi connectivity index (χ2v) is 4.17. The predicted molar refractivity (Wildman–Crippen MR) is 67.3 cm³/mol. The summed E-state index contributed by atoms with van der Waals surface area (Å²) in [4.78, 5) is 4.03. The van der Waals surface area contributed by atoms with Gasteiger partial charge >= 0.3 is 0 Å². The first-order chi connectivity index (χ1) is 8.22. The molecule has 0 amide bonds. The molecule has 0 atom stereocenters. The average Bonchev–Trinajstić information content (AvgIpc) is 2.37. The van der Waals surface area contributed by atoms with E-state index < -0.39 is 0 Å². The van der Waals surface area contributed by atoms with E-state index in [1.165, 1.54) is 6.20 Å². The maximum absolute atomic E-state index is 9.11. The number of hydrogen-bond acceptors (Lipinski definition) is 4. The van der Waals surface area contributed by atoms with Crippen LogP contribution in [0.4, 0.5) is 0 Å². The highest BCUT2D eigenvalue weighted by molar-refractivity contribution is 9.10. The van der Waals surface area contributed by atoms with Crippen molar-refractivity contribution >= 4 is 26.7 Å². The van der Waals surface area contributed by atoms with Crippen LogP contribution >= 0.6 is 15.9 Å². The van der Waals surface area contributed by atoms with Crippen molar-refractivity contribution in [3.8, 4) is 17.6 Å². The van der Waals surface area contributed by atoms with E-state index in [0.717, 1.165) is 9.86 Å². The van der Waals surface area contributed by atoms with Gasteiger partial charge in [-0.1, -0.05) is 0 Å². The lowest BCUT2D eigenvalue weighted by atomic mass is 10.1. The molecular weight excluding hydrogens is 284 g/mol. The van der Waals surface area contributed by atoms with Crippen molar-refractivity contribution in [1.82, 2.24) is 4.98 Å². The number of halogens is 1. The summed E-state index contributed by atoms with van der Waals surface area (Å²) in [5.41, 5.74) is 0.457. The Morgan fingerprint density at radius 1 is 1.29 bits per heavy atom. The van der Waals surface area contributed by atoms with Gasteiger partial charge in [-0.2, -0.15) is 5.26 Å². The van der Waals surface area contributed by atoms with Crippen LogP contribution in [-0.4, -0.2) is 19.2 Å². The number of nitrogens with zero attached hydrogens (tertiary/aromatic N) is 2. The van der Waals surface area contributed by atoms with E-state index in [-0.39, 0.29) is 0 Å². The molecule has 0 saturated heterocycles. The van der Waals surface area contributed by atoms with E-state index in [4.69, 9.17) is 14.7 Å². The summed E-state index contributed by atoms with van der Waals surface area (Å²) in [6.07, 6.45) is 3.19. The molecule has 5 heteroatoms. The first-order valence-electron chi connectivity index (χ1n) is 4.81. The summed E-state index contributed by atoms with van der Waals surface area (Å²) in [6.45, 7) is 0. The molecule has 0 bridgehead atoms. The van der Waals surface area contributed by atoms with Gasteiger partial charge in [-0.25, -0.2) is 0 Å². The maximum atomic E-state index is 9.11. The third-order valence-corrected chi connectivity index (χ3v) is 3.11. The van der Waals surface area contributed by atoms with Gasteiger partial charge in [0.05, 0.1) is 19.8 Å². The van der Waals surface area contributed by atoms with Crippen LogP contribution in [0.3, 0.4) is 0 Å². The topological polar surface area (TPSA) is 55.1 Å². The van der Waals surface area contributed by atoms with Crippen LogP contribution in [0.1, 0.15) is 5.56 Å². The van der Waals surface area contributed by atoms with Crippen LogP contribution in [0.25, 0.3) is 10.8 Å². The van der Waals surface area contributed by atoms with Crippen molar-refractivity contribution in [3.05, 3.63) is 28.5 Å². The Morgan fingerprint density at radius 3 is 2.65 bits per heavy atom. The zero-order valence-corrected chi connectivity index (χ0v) is 10.9. The molecule has 0 aliphatic carbocycles. The molecule has 1 aromatic heterocycles. The number of rotatable bonds is 2. The van der Waals surface area contributed by atoms with Gasteiger partial charge in [0.15, 0.2) is 11.5 Å². The molecule has 0 aliphatic heterocycles. The molecule has 0 saturated carbocycles. The van der Waals surface area contributed by atoms with Crippen molar-refractivity contribution in [2.75, 3.05) is 14.2 Å². The number of methoxy groups -OCH3 is 2. The molecule has 1 aromatic carbocycles. The van der Waals surface area contributed by atoms with Crippen molar-refractivity contribution < 1.29 is 9.47 Å². The Balaban J connectivity index is 2.98. The van der Waals surface area contributed by atoms with E-state index in [2.05, 4.69) is 27.0 Å². The van der Waals surface area contributed by atoms with E-state index in [1.807, 2.05) is 0 Å². The smallest absolute Gasteiger partial charge is 0.170 e. The fourth-order valence-corrected chi connectivity index (χ4v) is 2.22. The molecule has 2 aromatic rings. The lowest BCUT2D eigenvalue weighted by Gasteiger charge is -2.12. The average molecular weight is 293 g/mol. The van der Waals surface area contributed by atoms with E-state index in [9.17, 15) is 0 Å². The highest BCUT2D eigenvalue weighted by atomic mass is 79.9. The van der Waals surface area contributed by atoms with Crippen LogP contribution < -0.4 is 9.47 Å². The van der Waals surface area contributed by atoms with Gasteiger partial charge in [-0.3, -0.25) is 4.98 Å². The van der Waals surface area contributed by atoms with Gasteiger partial charge in [0.25, 0.3) is 0 Å². The Labute approximate surface area is 107 Å². The molecule has 0 unspecified atom stereocenters. The minimum absolute atomic E-state index is 0.457. The van der Waals surface area contributed by atoms with Crippen molar-refractivity contribution in [2.24, 2.45) is 0 Å². The van der Waals surface area contributed by atoms with Crippen LogP contribution in [0.2, 0.25) is 0 Å². The van der Waals surface area contributed by atoms with Gasteiger partial charge < -0.3 is 9.47 Å². The molecule has 0 fully saturated rings. The number of nitriles is 1. The Morgan fingerprint density at radius 2 is 2.06 bits per heavy atom. The molecule has 0 spiro atoms. The zero-order valence-electron chi connectivity index (χ0n) is 9.32. The van der Waals surface area contributed by atoms with Crippen LogP contribution in [-0.2, 0) is 0 Å². The van der Waals surface area contributed by atoms with Crippen LogP contribution in [0.15, 0.2) is 22.9 Å². The van der Waals surface area contributed by atoms with E-state index in [0.29, 0.717) is 22.4 Å². The Hall–Kier alpha value is -1.80. The second kappa shape index (κ2) is 4.60. The van der Waals surface area contributed by atoms with Crippen LogP contribution in [0, 0.1) is 11.3 Å². The zero-order chi connectivity index (χ0) is 12.4. The molecule has 0 aliphatic rings. The molecule has 0 radical (unpaired) electrons. The molecular formula is C12H9BrN2O2. The standard InChI is InChI=1S/C12H9BrN2O2/c1-16-10-3-9(13)8-6-15-5-7(4-14)11(8)12(10)17-2/h3,5-6H,1-2H3. The summed E-state index contributed by atoms with van der Waals surface area (Å²) in [6, 6.07) is 3.90.